The van der Waals surface area contributed by atoms with Crippen LogP contribution >= 0.6 is 0 Å². The van der Waals surface area contributed by atoms with Crippen LogP contribution in [0.1, 0.15) is 39.5 Å². The number of aliphatic imine (C=N–C) groups is 1. The topological polar surface area (TPSA) is 42.9 Å². The molecule has 5 nitrogen and oxygen atoms in total. The summed E-state index contributed by atoms with van der Waals surface area (Å²) in [5.74, 6) is 0.939. The second-order valence-corrected chi connectivity index (χ2v) is 6.50. The van der Waals surface area contributed by atoms with Gasteiger partial charge < -0.3 is 10.6 Å². The molecule has 0 spiro atoms. The van der Waals surface area contributed by atoms with E-state index in [1.165, 1.54) is 32.2 Å². The molecule has 1 aliphatic carbocycles. The molecule has 21 heavy (non-hydrogen) atoms. The smallest absolute Gasteiger partial charge is 0.191 e. The zero-order chi connectivity index (χ0) is 15.2. The molecule has 0 aromatic heterocycles. The highest BCUT2D eigenvalue weighted by molar-refractivity contribution is 5.79. The Morgan fingerprint density at radius 1 is 1.33 bits per heavy atom. The summed E-state index contributed by atoms with van der Waals surface area (Å²) in [5, 5.41) is 6.96. The second-order valence-electron chi connectivity index (χ2n) is 6.50. The lowest BCUT2D eigenvalue weighted by Crippen LogP contribution is -2.48. The summed E-state index contributed by atoms with van der Waals surface area (Å²) < 4.78 is 0. The van der Waals surface area contributed by atoms with Crippen LogP contribution in [0.5, 0.6) is 0 Å². The van der Waals surface area contributed by atoms with Crippen molar-refractivity contribution in [3.63, 3.8) is 0 Å². The Labute approximate surface area is 130 Å². The third-order valence-electron chi connectivity index (χ3n) is 5.02. The third-order valence-corrected chi connectivity index (χ3v) is 5.02. The fraction of sp³-hybridized carbons (Fsp3) is 0.938. The maximum atomic E-state index is 4.35. The summed E-state index contributed by atoms with van der Waals surface area (Å²) in [5.41, 5.74) is 0. The summed E-state index contributed by atoms with van der Waals surface area (Å²) in [6.07, 6.45) is 5.36. The Bertz CT molecular complexity index is 340. The Balaban J connectivity index is 1.68. The Morgan fingerprint density at radius 3 is 2.71 bits per heavy atom. The van der Waals surface area contributed by atoms with E-state index in [2.05, 4.69) is 46.3 Å². The zero-order valence-electron chi connectivity index (χ0n) is 14.2. The molecule has 1 saturated heterocycles. The average Bonchev–Trinajstić information content (AvgIpc) is 3.25. The van der Waals surface area contributed by atoms with Gasteiger partial charge in [0.2, 0.25) is 0 Å². The highest BCUT2D eigenvalue weighted by atomic mass is 15.2. The minimum absolute atomic E-state index is 0.551. The van der Waals surface area contributed by atoms with E-state index in [1.54, 1.807) is 0 Å². The minimum atomic E-state index is 0.551. The Hall–Kier alpha value is -0.810. The monoisotopic (exact) mass is 295 g/mol. The van der Waals surface area contributed by atoms with Gasteiger partial charge in [-0.15, -0.1) is 0 Å². The number of nitrogens with one attached hydrogen (secondary N) is 2. The molecule has 2 unspecified atom stereocenters. The van der Waals surface area contributed by atoms with Gasteiger partial charge in [-0.25, -0.2) is 0 Å². The molecule has 2 atom stereocenters. The molecule has 2 fully saturated rings. The van der Waals surface area contributed by atoms with Crippen molar-refractivity contribution in [2.24, 2.45) is 4.99 Å². The first-order valence-corrected chi connectivity index (χ1v) is 8.56. The summed E-state index contributed by atoms with van der Waals surface area (Å²) in [6.45, 7) is 8.89. The molecule has 0 aromatic carbocycles. The van der Waals surface area contributed by atoms with E-state index >= 15 is 0 Å². The Morgan fingerprint density at radius 2 is 2.10 bits per heavy atom. The molecule has 2 rings (SSSR count). The first-order chi connectivity index (χ1) is 10.2. The van der Waals surface area contributed by atoms with Gasteiger partial charge in [0, 0.05) is 38.3 Å². The van der Waals surface area contributed by atoms with Crippen molar-refractivity contribution < 1.29 is 0 Å². The largest absolute Gasteiger partial charge is 0.355 e. The number of guanidine groups is 1. The summed E-state index contributed by atoms with van der Waals surface area (Å²) in [7, 11) is 4.09. The molecule has 1 saturated carbocycles. The number of hydrogen-bond donors (Lipinski definition) is 2. The number of likely N-dealkylation sites (tertiary alicyclic amines) is 1. The molecule has 122 valence electrons. The quantitative estimate of drug-likeness (QED) is 0.546. The van der Waals surface area contributed by atoms with E-state index in [-0.39, 0.29) is 0 Å². The van der Waals surface area contributed by atoms with Crippen molar-refractivity contribution in [3.05, 3.63) is 0 Å². The first-order valence-electron chi connectivity index (χ1n) is 8.56. The molecule has 2 N–H and O–H groups in total. The van der Waals surface area contributed by atoms with Crippen LogP contribution in [-0.2, 0) is 0 Å². The van der Waals surface area contributed by atoms with Gasteiger partial charge in [0.25, 0.3) is 0 Å². The van der Waals surface area contributed by atoms with Gasteiger partial charge in [-0.3, -0.25) is 14.8 Å². The molecule has 2 aliphatic rings. The van der Waals surface area contributed by atoms with Gasteiger partial charge in [0.15, 0.2) is 5.96 Å². The lowest BCUT2D eigenvalue weighted by Gasteiger charge is -2.27. The van der Waals surface area contributed by atoms with Gasteiger partial charge in [-0.2, -0.15) is 0 Å². The van der Waals surface area contributed by atoms with E-state index in [0.29, 0.717) is 12.1 Å². The van der Waals surface area contributed by atoms with Gasteiger partial charge >= 0.3 is 0 Å². The van der Waals surface area contributed by atoms with Gasteiger partial charge in [-0.05, 0) is 52.7 Å². The SMILES string of the molecule is CCN1CCCC1CNC(=NC)NCC(C)N(C)C1CC1. The zero-order valence-corrected chi connectivity index (χ0v) is 14.2. The molecule has 1 aliphatic heterocycles. The van der Waals surface area contributed by atoms with Crippen molar-refractivity contribution in [1.29, 1.82) is 0 Å². The highest BCUT2D eigenvalue weighted by Crippen LogP contribution is 2.26. The fourth-order valence-electron chi connectivity index (χ4n) is 3.21. The molecule has 0 aromatic rings. The van der Waals surface area contributed by atoms with Crippen LogP contribution in [-0.4, -0.2) is 74.2 Å². The van der Waals surface area contributed by atoms with E-state index in [4.69, 9.17) is 0 Å². The predicted octanol–water partition coefficient (Wildman–Crippen LogP) is 1.12. The molecular weight excluding hydrogens is 262 g/mol. The van der Waals surface area contributed by atoms with E-state index in [0.717, 1.165) is 31.6 Å². The molecule has 0 amide bonds. The van der Waals surface area contributed by atoms with Crippen molar-refractivity contribution in [2.45, 2.75) is 57.7 Å². The van der Waals surface area contributed by atoms with E-state index in [1.807, 2.05) is 7.05 Å². The van der Waals surface area contributed by atoms with Crippen LogP contribution in [0.15, 0.2) is 4.99 Å². The minimum Gasteiger partial charge on any atom is -0.355 e. The van der Waals surface area contributed by atoms with Gasteiger partial charge in [0.1, 0.15) is 0 Å². The van der Waals surface area contributed by atoms with E-state index in [9.17, 15) is 0 Å². The molecule has 5 heteroatoms. The van der Waals surface area contributed by atoms with Crippen LogP contribution in [0.25, 0.3) is 0 Å². The second kappa shape index (κ2) is 7.99. The maximum absolute atomic E-state index is 4.35. The lowest BCUT2D eigenvalue weighted by molar-refractivity contribution is 0.246. The third kappa shape index (κ3) is 4.85. The summed E-state index contributed by atoms with van der Waals surface area (Å²) in [6, 6.07) is 2.03. The van der Waals surface area contributed by atoms with Gasteiger partial charge in [-0.1, -0.05) is 6.92 Å². The van der Waals surface area contributed by atoms with Crippen LogP contribution in [0.3, 0.4) is 0 Å². The number of nitrogens with zero attached hydrogens (tertiary/aromatic N) is 3. The van der Waals surface area contributed by atoms with Crippen molar-refractivity contribution in [1.82, 2.24) is 20.4 Å². The highest BCUT2D eigenvalue weighted by Gasteiger charge is 2.29. The van der Waals surface area contributed by atoms with Crippen LogP contribution < -0.4 is 10.6 Å². The number of rotatable bonds is 7. The lowest BCUT2D eigenvalue weighted by atomic mass is 10.2. The van der Waals surface area contributed by atoms with Crippen molar-refractivity contribution in [2.75, 3.05) is 40.3 Å². The number of hydrogen-bond acceptors (Lipinski definition) is 3. The van der Waals surface area contributed by atoms with Crippen LogP contribution in [0.4, 0.5) is 0 Å². The fourth-order valence-corrected chi connectivity index (χ4v) is 3.21. The van der Waals surface area contributed by atoms with Gasteiger partial charge in [0.05, 0.1) is 0 Å². The molecule has 1 heterocycles. The summed E-state index contributed by atoms with van der Waals surface area (Å²) >= 11 is 0. The van der Waals surface area contributed by atoms with Crippen LogP contribution in [0, 0.1) is 0 Å². The molecule has 0 bridgehead atoms. The Kier molecular flexibility index (Phi) is 6.30. The predicted molar refractivity (Wildman–Crippen MR) is 89.9 cm³/mol. The van der Waals surface area contributed by atoms with E-state index < -0.39 is 0 Å². The van der Waals surface area contributed by atoms with Crippen molar-refractivity contribution in [3.8, 4) is 0 Å². The summed E-state index contributed by atoms with van der Waals surface area (Å²) in [4.78, 5) is 9.39. The van der Waals surface area contributed by atoms with Crippen LogP contribution in [0.2, 0.25) is 0 Å². The first kappa shape index (κ1) is 16.6. The molecule has 0 radical (unpaired) electrons. The normalized spacial score (nSPS) is 25.4. The average molecular weight is 295 g/mol. The number of likely N-dealkylation sites (N-methyl/N-ethyl adjacent to an activating group) is 2. The maximum Gasteiger partial charge on any atom is 0.191 e. The molecular formula is C16H33N5. The standard InChI is InChI=1S/C16H33N5/c1-5-21-10-6-7-15(21)12-19-16(17-3)18-11-13(2)20(4)14-8-9-14/h13-15H,5-12H2,1-4H3,(H2,17,18,19). The van der Waals surface area contributed by atoms with Crippen molar-refractivity contribution >= 4 is 5.96 Å².